The first-order valence-electron chi connectivity index (χ1n) is 9.57. The van der Waals surface area contributed by atoms with Crippen molar-refractivity contribution in [2.24, 2.45) is 0 Å². The second kappa shape index (κ2) is 8.29. The van der Waals surface area contributed by atoms with Gasteiger partial charge in [0, 0.05) is 16.7 Å². The van der Waals surface area contributed by atoms with Crippen LogP contribution in [0.5, 0.6) is 0 Å². The lowest BCUT2D eigenvalue weighted by Gasteiger charge is -2.14. The van der Waals surface area contributed by atoms with E-state index >= 15 is 0 Å². The fourth-order valence-corrected chi connectivity index (χ4v) is 3.14. The Labute approximate surface area is 173 Å². The molecule has 1 atom stereocenters. The smallest absolute Gasteiger partial charge is 0.251 e. The molecule has 0 bridgehead atoms. The van der Waals surface area contributed by atoms with Gasteiger partial charge >= 0.3 is 0 Å². The molecule has 6 heteroatoms. The lowest BCUT2D eigenvalue weighted by atomic mass is 10.1. The second-order valence-corrected chi connectivity index (χ2v) is 7.05. The highest BCUT2D eigenvalue weighted by Gasteiger charge is 2.14. The van der Waals surface area contributed by atoms with Crippen molar-refractivity contribution in [1.82, 2.24) is 15.5 Å². The Morgan fingerprint density at radius 2 is 1.60 bits per heavy atom. The predicted octanol–water partition coefficient (Wildman–Crippen LogP) is 5.34. The normalized spacial score (nSPS) is 11.8. The number of carbonyl (C=O) groups excluding carboxylic acids is 1. The van der Waals surface area contributed by atoms with E-state index in [1.165, 1.54) is 12.1 Å². The summed E-state index contributed by atoms with van der Waals surface area (Å²) in [5.74, 6) is 0.321. The zero-order valence-corrected chi connectivity index (χ0v) is 16.6. The van der Waals surface area contributed by atoms with Crippen LogP contribution in [0, 0.1) is 12.7 Å². The summed E-state index contributed by atoms with van der Waals surface area (Å²) in [6.07, 6.45) is 0. The number of hydrogen-bond donors (Lipinski definition) is 1. The molecule has 1 heterocycles. The van der Waals surface area contributed by atoms with E-state index in [0.29, 0.717) is 17.3 Å². The summed E-state index contributed by atoms with van der Waals surface area (Å²) in [7, 11) is 0. The average Bonchev–Trinajstić information content (AvgIpc) is 3.24. The molecule has 5 nitrogen and oxygen atoms in total. The van der Waals surface area contributed by atoms with Crippen molar-refractivity contribution in [3.8, 4) is 22.9 Å². The maximum Gasteiger partial charge on any atom is 0.251 e. The fourth-order valence-electron chi connectivity index (χ4n) is 3.14. The maximum absolute atomic E-state index is 13.1. The number of rotatable bonds is 5. The van der Waals surface area contributed by atoms with Gasteiger partial charge in [0.05, 0.1) is 6.04 Å². The third kappa shape index (κ3) is 4.12. The SMILES string of the molecule is Cc1ccccc1-c1nnc(-c2ccc(C(=O)N[C@H](C)c3ccc(F)cc3)cc2)o1. The minimum Gasteiger partial charge on any atom is -0.416 e. The number of halogens is 1. The van der Waals surface area contributed by atoms with Crippen LogP contribution in [-0.2, 0) is 0 Å². The lowest BCUT2D eigenvalue weighted by Crippen LogP contribution is -2.26. The zero-order chi connectivity index (χ0) is 21.1. The Balaban J connectivity index is 1.47. The van der Waals surface area contributed by atoms with E-state index in [0.717, 1.165) is 22.3 Å². The van der Waals surface area contributed by atoms with Crippen molar-refractivity contribution < 1.29 is 13.6 Å². The molecular weight excluding hydrogens is 381 g/mol. The van der Waals surface area contributed by atoms with E-state index in [1.54, 1.807) is 36.4 Å². The van der Waals surface area contributed by atoms with E-state index in [1.807, 2.05) is 38.1 Å². The van der Waals surface area contributed by atoms with Crippen LogP contribution in [0.1, 0.15) is 34.5 Å². The topological polar surface area (TPSA) is 68.0 Å². The molecule has 4 aromatic rings. The lowest BCUT2D eigenvalue weighted by molar-refractivity contribution is 0.0940. The third-order valence-electron chi connectivity index (χ3n) is 4.91. The fraction of sp³-hybridized carbons (Fsp3) is 0.125. The predicted molar refractivity (Wildman–Crippen MR) is 112 cm³/mol. The van der Waals surface area contributed by atoms with Crippen LogP contribution in [0.4, 0.5) is 4.39 Å². The van der Waals surface area contributed by atoms with Crippen molar-refractivity contribution in [3.05, 3.63) is 95.3 Å². The highest BCUT2D eigenvalue weighted by molar-refractivity contribution is 5.94. The van der Waals surface area contributed by atoms with Crippen LogP contribution in [-0.4, -0.2) is 16.1 Å². The van der Waals surface area contributed by atoms with Gasteiger partial charge in [-0.2, -0.15) is 0 Å². The molecule has 1 aromatic heterocycles. The highest BCUT2D eigenvalue weighted by Crippen LogP contribution is 2.26. The number of amides is 1. The van der Waals surface area contributed by atoms with Crippen LogP contribution in [0.25, 0.3) is 22.9 Å². The van der Waals surface area contributed by atoms with Gasteiger partial charge in [-0.1, -0.05) is 30.3 Å². The van der Waals surface area contributed by atoms with Crippen molar-refractivity contribution in [3.63, 3.8) is 0 Å². The summed E-state index contributed by atoms with van der Waals surface area (Å²) in [6, 6.07) is 20.6. The number of nitrogens with one attached hydrogen (secondary N) is 1. The number of benzene rings is 3. The molecule has 0 aliphatic heterocycles. The summed E-state index contributed by atoms with van der Waals surface area (Å²) in [6.45, 7) is 3.84. The van der Waals surface area contributed by atoms with Gasteiger partial charge in [0.25, 0.3) is 5.91 Å². The first-order chi connectivity index (χ1) is 14.5. The molecule has 4 rings (SSSR count). The number of aromatic nitrogens is 2. The van der Waals surface area contributed by atoms with E-state index in [2.05, 4.69) is 15.5 Å². The van der Waals surface area contributed by atoms with Crippen molar-refractivity contribution in [2.45, 2.75) is 19.9 Å². The molecule has 3 aromatic carbocycles. The third-order valence-corrected chi connectivity index (χ3v) is 4.91. The molecule has 0 spiro atoms. The van der Waals surface area contributed by atoms with E-state index < -0.39 is 0 Å². The van der Waals surface area contributed by atoms with Crippen molar-refractivity contribution >= 4 is 5.91 Å². The Hall–Kier alpha value is -3.80. The molecule has 0 saturated heterocycles. The van der Waals surface area contributed by atoms with Crippen LogP contribution in [0.2, 0.25) is 0 Å². The minimum atomic E-state index is -0.306. The molecule has 0 aliphatic carbocycles. The average molecular weight is 401 g/mol. The van der Waals surface area contributed by atoms with Gasteiger partial charge in [-0.25, -0.2) is 4.39 Å². The summed E-state index contributed by atoms with van der Waals surface area (Å²) in [5, 5.41) is 11.2. The first-order valence-corrected chi connectivity index (χ1v) is 9.57. The van der Waals surface area contributed by atoms with Crippen LogP contribution in [0.3, 0.4) is 0 Å². The standard InChI is InChI=1S/C24H20FN3O2/c1-15-5-3-4-6-21(15)24-28-27-23(30-24)19-9-7-18(8-10-19)22(29)26-16(2)17-11-13-20(25)14-12-17/h3-14,16H,1-2H3,(H,26,29)/t16-/m1/s1. The van der Waals surface area contributed by atoms with E-state index in [-0.39, 0.29) is 17.8 Å². The number of hydrogen-bond acceptors (Lipinski definition) is 4. The number of nitrogens with zero attached hydrogens (tertiary/aromatic N) is 2. The minimum absolute atomic E-state index is 0.218. The quantitative estimate of drug-likeness (QED) is 0.490. The van der Waals surface area contributed by atoms with Crippen LogP contribution in [0.15, 0.2) is 77.2 Å². The van der Waals surface area contributed by atoms with Gasteiger partial charge in [0.2, 0.25) is 11.8 Å². The molecule has 0 radical (unpaired) electrons. The van der Waals surface area contributed by atoms with Crippen LogP contribution >= 0.6 is 0 Å². The Morgan fingerprint density at radius 1 is 0.933 bits per heavy atom. The Kier molecular flexibility index (Phi) is 5.39. The van der Waals surface area contributed by atoms with Gasteiger partial charge in [-0.3, -0.25) is 4.79 Å². The van der Waals surface area contributed by atoms with Crippen LogP contribution < -0.4 is 5.32 Å². The molecule has 1 N–H and O–H groups in total. The van der Waals surface area contributed by atoms with Crippen molar-refractivity contribution in [1.29, 1.82) is 0 Å². The summed E-state index contributed by atoms with van der Waals surface area (Å²) in [4.78, 5) is 12.5. The first kappa shape index (κ1) is 19.5. The maximum atomic E-state index is 13.1. The molecular formula is C24H20FN3O2. The van der Waals surface area contributed by atoms with E-state index in [9.17, 15) is 9.18 Å². The van der Waals surface area contributed by atoms with Crippen molar-refractivity contribution in [2.75, 3.05) is 0 Å². The summed E-state index contributed by atoms with van der Waals surface area (Å²) in [5.41, 5.74) is 4.00. The van der Waals surface area contributed by atoms with Gasteiger partial charge in [0.1, 0.15) is 5.82 Å². The molecule has 150 valence electrons. The highest BCUT2D eigenvalue weighted by atomic mass is 19.1. The van der Waals surface area contributed by atoms with E-state index in [4.69, 9.17) is 4.42 Å². The molecule has 0 aliphatic rings. The second-order valence-electron chi connectivity index (χ2n) is 7.05. The Morgan fingerprint density at radius 3 is 2.30 bits per heavy atom. The number of carbonyl (C=O) groups is 1. The van der Waals surface area contributed by atoms with Gasteiger partial charge in [-0.05, 0) is 67.4 Å². The molecule has 1 amide bonds. The largest absolute Gasteiger partial charge is 0.416 e. The van der Waals surface area contributed by atoms with Gasteiger partial charge in [-0.15, -0.1) is 10.2 Å². The van der Waals surface area contributed by atoms with Gasteiger partial charge < -0.3 is 9.73 Å². The Bertz CT molecular complexity index is 1170. The molecule has 0 unspecified atom stereocenters. The zero-order valence-electron chi connectivity index (χ0n) is 16.6. The molecule has 0 saturated carbocycles. The van der Waals surface area contributed by atoms with Gasteiger partial charge in [0.15, 0.2) is 0 Å². The summed E-state index contributed by atoms with van der Waals surface area (Å²) < 4.78 is 18.9. The monoisotopic (exact) mass is 401 g/mol. The number of aryl methyl sites for hydroxylation is 1. The molecule has 0 fully saturated rings. The molecule has 30 heavy (non-hydrogen) atoms. The summed E-state index contributed by atoms with van der Waals surface area (Å²) >= 11 is 0.